The molecule has 0 spiro atoms. The Morgan fingerprint density at radius 3 is 2.47 bits per heavy atom. The molecule has 0 radical (unpaired) electrons. The second-order valence-corrected chi connectivity index (χ2v) is 5.05. The van der Waals surface area contributed by atoms with Gasteiger partial charge in [0.15, 0.2) is 0 Å². The Labute approximate surface area is 97.8 Å². The summed E-state index contributed by atoms with van der Waals surface area (Å²) in [6, 6.07) is 8.98. The van der Waals surface area contributed by atoms with E-state index in [1.54, 1.807) is 0 Å². The van der Waals surface area contributed by atoms with Crippen LogP contribution in [0.25, 0.3) is 0 Å². The molecule has 0 nitrogen and oxygen atoms in total. The van der Waals surface area contributed by atoms with Crippen molar-refractivity contribution >= 4 is 11.8 Å². The smallest absolute Gasteiger partial charge is 0.00720 e. The average molecular weight is 220 g/mol. The Kier molecular flexibility index (Phi) is 5.56. The van der Waals surface area contributed by atoms with Crippen molar-refractivity contribution in [1.82, 2.24) is 0 Å². The standard InChI is InChI=1S/C14H20S/c1-4-6-7-12(3)13-8-10-14(11-9-13)15-5-2/h4,6,8-12H,5,7H2,1-3H3/b6-4-. The first kappa shape index (κ1) is 12.4. The van der Waals surface area contributed by atoms with Crippen LogP contribution in [-0.4, -0.2) is 5.75 Å². The maximum atomic E-state index is 2.28. The molecule has 0 amide bonds. The van der Waals surface area contributed by atoms with E-state index in [9.17, 15) is 0 Å². The lowest BCUT2D eigenvalue weighted by atomic mass is 9.98. The van der Waals surface area contributed by atoms with Gasteiger partial charge in [0.25, 0.3) is 0 Å². The van der Waals surface area contributed by atoms with Crippen LogP contribution in [0.5, 0.6) is 0 Å². The summed E-state index contributed by atoms with van der Waals surface area (Å²) in [5, 5.41) is 0. The molecule has 0 heterocycles. The van der Waals surface area contributed by atoms with Crippen molar-refractivity contribution in [3.05, 3.63) is 42.0 Å². The summed E-state index contributed by atoms with van der Waals surface area (Å²) >= 11 is 1.90. The monoisotopic (exact) mass is 220 g/mol. The lowest BCUT2D eigenvalue weighted by Crippen LogP contribution is -1.91. The number of rotatable bonds is 5. The number of benzene rings is 1. The van der Waals surface area contributed by atoms with Crippen LogP contribution in [0.2, 0.25) is 0 Å². The third kappa shape index (κ3) is 4.13. The van der Waals surface area contributed by atoms with Gasteiger partial charge in [0.05, 0.1) is 0 Å². The Bertz CT molecular complexity index is 298. The van der Waals surface area contributed by atoms with E-state index >= 15 is 0 Å². The molecule has 0 bridgehead atoms. The van der Waals surface area contributed by atoms with Gasteiger partial charge in [-0.1, -0.05) is 38.1 Å². The Hall–Kier alpha value is -0.690. The molecule has 0 N–H and O–H groups in total. The van der Waals surface area contributed by atoms with Crippen molar-refractivity contribution in [2.24, 2.45) is 0 Å². The maximum absolute atomic E-state index is 2.28. The van der Waals surface area contributed by atoms with Crippen LogP contribution >= 0.6 is 11.8 Å². The van der Waals surface area contributed by atoms with Gasteiger partial charge < -0.3 is 0 Å². The molecule has 1 rings (SSSR count). The zero-order valence-corrected chi connectivity index (χ0v) is 10.7. The average Bonchev–Trinajstić information content (AvgIpc) is 2.27. The summed E-state index contributed by atoms with van der Waals surface area (Å²) in [7, 11) is 0. The van der Waals surface area contributed by atoms with Crippen LogP contribution in [0, 0.1) is 0 Å². The van der Waals surface area contributed by atoms with Gasteiger partial charge in [-0.15, -0.1) is 11.8 Å². The predicted molar refractivity (Wildman–Crippen MR) is 70.7 cm³/mol. The van der Waals surface area contributed by atoms with Gasteiger partial charge in [-0.05, 0) is 42.7 Å². The largest absolute Gasteiger partial charge is 0.126 e. The third-order valence-electron chi connectivity index (χ3n) is 2.49. The van der Waals surface area contributed by atoms with Crippen LogP contribution in [0.4, 0.5) is 0 Å². The fourth-order valence-electron chi connectivity index (χ4n) is 1.54. The van der Waals surface area contributed by atoms with Gasteiger partial charge in [-0.25, -0.2) is 0 Å². The second-order valence-electron chi connectivity index (χ2n) is 3.71. The molecule has 15 heavy (non-hydrogen) atoms. The molecular weight excluding hydrogens is 200 g/mol. The van der Waals surface area contributed by atoms with Crippen LogP contribution < -0.4 is 0 Å². The van der Waals surface area contributed by atoms with Crippen molar-refractivity contribution in [2.75, 3.05) is 5.75 Å². The number of hydrogen-bond donors (Lipinski definition) is 0. The molecule has 1 atom stereocenters. The summed E-state index contributed by atoms with van der Waals surface area (Å²) < 4.78 is 0. The minimum absolute atomic E-state index is 0.627. The van der Waals surface area contributed by atoms with Gasteiger partial charge in [0.2, 0.25) is 0 Å². The molecule has 1 aromatic carbocycles. The molecular formula is C14H20S. The molecule has 0 saturated carbocycles. The van der Waals surface area contributed by atoms with Crippen LogP contribution in [-0.2, 0) is 0 Å². The normalized spacial score (nSPS) is 13.3. The molecule has 0 aliphatic heterocycles. The molecule has 1 aromatic rings. The van der Waals surface area contributed by atoms with Gasteiger partial charge in [0, 0.05) is 4.90 Å². The van der Waals surface area contributed by atoms with Gasteiger partial charge in [0.1, 0.15) is 0 Å². The highest BCUT2D eigenvalue weighted by molar-refractivity contribution is 7.99. The Balaban J connectivity index is 2.62. The first-order chi connectivity index (χ1) is 7.27. The molecule has 0 aliphatic rings. The molecule has 0 aromatic heterocycles. The van der Waals surface area contributed by atoms with Crippen LogP contribution in [0.1, 0.15) is 38.7 Å². The molecule has 0 fully saturated rings. The van der Waals surface area contributed by atoms with Gasteiger partial charge in [-0.3, -0.25) is 0 Å². The second kappa shape index (κ2) is 6.73. The Morgan fingerprint density at radius 1 is 1.27 bits per heavy atom. The lowest BCUT2D eigenvalue weighted by molar-refractivity contribution is 0.779. The van der Waals surface area contributed by atoms with E-state index in [2.05, 4.69) is 57.2 Å². The molecule has 82 valence electrons. The molecule has 0 aliphatic carbocycles. The molecule has 0 saturated heterocycles. The highest BCUT2D eigenvalue weighted by Crippen LogP contribution is 2.23. The van der Waals surface area contributed by atoms with E-state index in [0.29, 0.717) is 5.92 Å². The predicted octanol–water partition coefficient (Wildman–Crippen LogP) is 4.87. The zero-order chi connectivity index (χ0) is 11.1. The van der Waals surface area contributed by atoms with E-state index < -0.39 is 0 Å². The van der Waals surface area contributed by atoms with Crippen LogP contribution in [0.3, 0.4) is 0 Å². The summed E-state index contributed by atoms with van der Waals surface area (Å²) in [6.07, 6.45) is 5.49. The van der Waals surface area contributed by atoms with E-state index in [-0.39, 0.29) is 0 Å². The van der Waals surface area contributed by atoms with Gasteiger partial charge >= 0.3 is 0 Å². The fourth-order valence-corrected chi connectivity index (χ4v) is 2.20. The number of thioether (sulfide) groups is 1. The minimum Gasteiger partial charge on any atom is -0.126 e. The van der Waals surface area contributed by atoms with Crippen molar-refractivity contribution in [2.45, 2.75) is 38.0 Å². The molecule has 1 heteroatoms. The fraction of sp³-hybridized carbons (Fsp3) is 0.429. The van der Waals surface area contributed by atoms with Crippen molar-refractivity contribution < 1.29 is 0 Å². The Morgan fingerprint density at radius 2 is 1.93 bits per heavy atom. The maximum Gasteiger partial charge on any atom is 0.00720 e. The minimum atomic E-state index is 0.627. The quantitative estimate of drug-likeness (QED) is 0.504. The van der Waals surface area contributed by atoms with E-state index in [1.165, 1.54) is 10.5 Å². The topological polar surface area (TPSA) is 0 Å². The van der Waals surface area contributed by atoms with E-state index in [4.69, 9.17) is 0 Å². The van der Waals surface area contributed by atoms with E-state index in [1.807, 2.05) is 11.8 Å². The lowest BCUT2D eigenvalue weighted by Gasteiger charge is -2.09. The summed E-state index contributed by atoms with van der Waals surface area (Å²) in [5.41, 5.74) is 1.44. The summed E-state index contributed by atoms with van der Waals surface area (Å²) in [4.78, 5) is 1.37. The third-order valence-corrected chi connectivity index (χ3v) is 3.38. The highest BCUT2D eigenvalue weighted by Gasteiger charge is 2.02. The van der Waals surface area contributed by atoms with Crippen molar-refractivity contribution in [3.63, 3.8) is 0 Å². The number of hydrogen-bond acceptors (Lipinski definition) is 1. The van der Waals surface area contributed by atoms with Crippen molar-refractivity contribution in [3.8, 4) is 0 Å². The molecule has 1 unspecified atom stereocenters. The van der Waals surface area contributed by atoms with Gasteiger partial charge in [-0.2, -0.15) is 0 Å². The SMILES string of the molecule is C/C=C\CC(C)c1ccc(SCC)cc1. The van der Waals surface area contributed by atoms with Crippen LogP contribution in [0.15, 0.2) is 41.3 Å². The summed E-state index contributed by atoms with van der Waals surface area (Å²) in [5.74, 6) is 1.77. The van der Waals surface area contributed by atoms with Crippen molar-refractivity contribution in [1.29, 1.82) is 0 Å². The first-order valence-electron chi connectivity index (χ1n) is 5.61. The first-order valence-corrected chi connectivity index (χ1v) is 6.60. The number of allylic oxidation sites excluding steroid dienone is 2. The van der Waals surface area contributed by atoms with E-state index in [0.717, 1.165) is 12.2 Å². The summed E-state index contributed by atoms with van der Waals surface area (Å²) in [6.45, 7) is 6.54. The zero-order valence-electron chi connectivity index (χ0n) is 9.86. The highest BCUT2D eigenvalue weighted by atomic mass is 32.2.